The van der Waals surface area contributed by atoms with Gasteiger partial charge in [0.15, 0.2) is 0 Å². The van der Waals surface area contributed by atoms with Crippen LogP contribution >= 0.6 is 0 Å². The van der Waals surface area contributed by atoms with E-state index in [4.69, 9.17) is 9.47 Å². The summed E-state index contributed by atoms with van der Waals surface area (Å²) in [6.45, 7) is 0. The molecule has 1 N–H and O–H groups in total. The van der Waals surface area contributed by atoms with Crippen LogP contribution in [-0.4, -0.2) is 26.0 Å². The van der Waals surface area contributed by atoms with Crippen molar-refractivity contribution < 1.29 is 19.1 Å². The molecule has 0 aromatic heterocycles. The fourth-order valence-corrected chi connectivity index (χ4v) is 3.06. The van der Waals surface area contributed by atoms with Crippen LogP contribution in [0.25, 0.3) is 0 Å². The van der Waals surface area contributed by atoms with E-state index in [9.17, 15) is 9.59 Å². The van der Waals surface area contributed by atoms with E-state index in [1.54, 1.807) is 79.9 Å². The number of carbonyl (C=O) groups excluding carboxylic acids is 2. The molecule has 142 valence electrons. The molecule has 3 aromatic carbocycles. The summed E-state index contributed by atoms with van der Waals surface area (Å²) in [5.41, 5.74) is -0.255. The lowest BCUT2D eigenvalue weighted by atomic mass is 9.82. The van der Waals surface area contributed by atoms with Gasteiger partial charge in [0.2, 0.25) is 11.3 Å². The third kappa shape index (κ3) is 3.60. The van der Waals surface area contributed by atoms with Crippen LogP contribution in [0, 0.1) is 0 Å². The first-order valence-electron chi connectivity index (χ1n) is 8.78. The lowest BCUT2D eigenvalue weighted by molar-refractivity contribution is -0.144. The summed E-state index contributed by atoms with van der Waals surface area (Å²) >= 11 is 0. The van der Waals surface area contributed by atoms with Crippen LogP contribution in [0.4, 0.5) is 5.69 Å². The Morgan fingerprint density at radius 2 is 1.36 bits per heavy atom. The predicted molar refractivity (Wildman–Crippen MR) is 108 cm³/mol. The van der Waals surface area contributed by atoms with Crippen molar-refractivity contribution in [1.29, 1.82) is 0 Å². The van der Waals surface area contributed by atoms with Gasteiger partial charge in [-0.3, -0.25) is 4.79 Å². The van der Waals surface area contributed by atoms with Gasteiger partial charge in [-0.25, -0.2) is 4.79 Å². The molecule has 3 aromatic rings. The molecule has 28 heavy (non-hydrogen) atoms. The number of rotatable bonds is 7. The van der Waals surface area contributed by atoms with Gasteiger partial charge in [-0.1, -0.05) is 60.7 Å². The predicted octanol–water partition coefficient (Wildman–Crippen LogP) is 4.06. The van der Waals surface area contributed by atoms with E-state index < -0.39 is 17.3 Å². The van der Waals surface area contributed by atoms with Crippen molar-refractivity contribution in [1.82, 2.24) is 0 Å². The van der Waals surface area contributed by atoms with Crippen LogP contribution in [0.15, 0.2) is 84.9 Å². The minimum Gasteiger partial charge on any atom is -0.497 e. The third-order valence-corrected chi connectivity index (χ3v) is 4.50. The van der Waals surface area contributed by atoms with E-state index in [0.717, 1.165) is 0 Å². The maximum absolute atomic E-state index is 13.6. The van der Waals surface area contributed by atoms with E-state index >= 15 is 0 Å². The van der Waals surface area contributed by atoms with E-state index in [2.05, 4.69) is 5.32 Å². The van der Waals surface area contributed by atoms with Crippen LogP contribution < -0.4 is 10.1 Å². The van der Waals surface area contributed by atoms with Crippen LogP contribution in [0.2, 0.25) is 0 Å². The van der Waals surface area contributed by atoms with Crippen molar-refractivity contribution >= 4 is 17.4 Å². The molecule has 0 amide bonds. The van der Waals surface area contributed by atoms with Gasteiger partial charge in [-0.2, -0.15) is 0 Å². The lowest BCUT2D eigenvalue weighted by Gasteiger charge is -2.32. The molecule has 0 bridgehead atoms. The molecule has 0 aliphatic carbocycles. The topological polar surface area (TPSA) is 64.6 Å². The number of hydrogen-bond donors (Lipinski definition) is 1. The zero-order valence-corrected chi connectivity index (χ0v) is 15.7. The monoisotopic (exact) mass is 375 g/mol. The Balaban J connectivity index is 2.17. The molecule has 1 atom stereocenters. The summed E-state index contributed by atoms with van der Waals surface area (Å²) in [6, 6.07) is 24.5. The number of nitrogens with one attached hydrogen (secondary N) is 1. The highest BCUT2D eigenvalue weighted by molar-refractivity contribution is 6.18. The Kier molecular flexibility index (Phi) is 5.75. The highest BCUT2D eigenvalue weighted by atomic mass is 16.5. The highest BCUT2D eigenvalue weighted by Gasteiger charge is 2.49. The standard InChI is InChI=1S/C23H21NO4/c1-27-20-15-13-19(14-16-20)24-23(22(26)28-2,18-11-7-4-8-12-18)21(25)17-9-5-3-6-10-17/h3-16,24H,1-2H3. The van der Waals surface area contributed by atoms with Crippen molar-refractivity contribution in [3.63, 3.8) is 0 Å². The minimum atomic E-state index is -1.73. The van der Waals surface area contributed by atoms with Gasteiger partial charge in [-0.15, -0.1) is 0 Å². The van der Waals surface area contributed by atoms with Gasteiger partial charge < -0.3 is 14.8 Å². The fourth-order valence-electron chi connectivity index (χ4n) is 3.06. The molecular weight excluding hydrogens is 354 g/mol. The van der Waals surface area contributed by atoms with Crippen molar-refractivity contribution in [2.24, 2.45) is 0 Å². The molecule has 5 heteroatoms. The van der Waals surface area contributed by atoms with Gasteiger partial charge in [0.25, 0.3) is 0 Å². The number of methoxy groups -OCH3 is 2. The van der Waals surface area contributed by atoms with E-state index in [1.807, 2.05) is 12.1 Å². The first kappa shape index (κ1) is 19.2. The Labute approximate surface area is 163 Å². The third-order valence-electron chi connectivity index (χ3n) is 4.50. The van der Waals surface area contributed by atoms with Crippen molar-refractivity contribution in [2.75, 3.05) is 19.5 Å². The van der Waals surface area contributed by atoms with Crippen LogP contribution in [0.5, 0.6) is 5.75 Å². The zero-order valence-electron chi connectivity index (χ0n) is 15.7. The second-order valence-electron chi connectivity index (χ2n) is 6.16. The quantitative estimate of drug-likeness (QED) is 0.383. The number of carbonyl (C=O) groups is 2. The van der Waals surface area contributed by atoms with Gasteiger partial charge in [0.05, 0.1) is 14.2 Å². The van der Waals surface area contributed by atoms with Crippen LogP contribution in [0.1, 0.15) is 15.9 Å². The average Bonchev–Trinajstić information content (AvgIpc) is 2.78. The Morgan fingerprint density at radius 1 is 0.786 bits per heavy atom. The normalized spacial score (nSPS) is 12.5. The highest BCUT2D eigenvalue weighted by Crippen LogP contribution is 2.32. The first-order chi connectivity index (χ1) is 13.6. The van der Waals surface area contributed by atoms with E-state index in [1.165, 1.54) is 7.11 Å². The number of Topliss-reactive ketones (excluding diaryl/α,β-unsaturated/α-hetero) is 1. The molecular formula is C23H21NO4. The molecule has 0 saturated heterocycles. The first-order valence-corrected chi connectivity index (χ1v) is 8.78. The van der Waals surface area contributed by atoms with Crippen molar-refractivity contribution in [3.05, 3.63) is 96.1 Å². The number of ketones is 1. The summed E-state index contributed by atoms with van der Waals surface area (Å²) < 4.78 is 10.3. The molecule has 0 aliphatic heterocycles. The SMILES string of the molecule is COC(=O)C(Nc1ccc(OC)cc1)(C(=O)c1ccccc1)c1ccccc1. The zero-order chi connectivity index (χ0) is 20.0. The molecule has 0 spiro atoms. The molecule has 5 nitrogen and oxygen atoms in total. The lowest BCUT2D eigenvalue weighted by Crippen LogP contribution is -2.51. The minimum absolute atomic E-state index is 0.401. The molecule has 0 saturated carbocycles. The maximum atomic E-state index is 13.6. The smallest absolute Gasteiger partial charge is 0.344 e. The summed E-state index contributed by atoms with van der Waals surface area (Å²) in [5, 5.41) is 3.13. The van der Waals surface area contributed by atoms with Gasteiger partial charge in [0, 0.05) is 11.3 Å². The second kappa shape index (κ2) is 8.39. The van der Waals surface area contributed by atoms with Gasteiger partial charge >= 0.3 is 5.97 Å². The van der Waals surface area contributed by atoms with E-state index in [-0.39, 0.29) is 0 Å². The van der Waals surface area contributed by atoms with Gasteiger partial charge in [0.1, 0.15) is 5.75 Å². The Morgan fingerprint density at radius 3 is 1.89 bits per heavy atom. The Bertz CT molecular complexity index is 939. The molecule has 0 aliphatic rings. The average molecular weight is 375 g/mol. The van der Waals surface area contributed by atoms with E-state index in [0.29, 0.717) is 22.6 Å². The summed E-state index contributed by atoms with van der Waals surface area (Å²) in [6.07, 6.45) is 0. The summed E-state index contributed by atoms with van der Waals surface area (Å²) in [4.78, 5) is 26.7. The number of esters is 1. The summed E-state index contributed by atoms with van der Waals surface area (Å²) in [5.74, 6) is -0.423. The Hall–Kier alpha value is -3.60. The fraction of sp³-hybridized carbons (Fsp3) is 0.130. The van der Waals surface area contributed by atoms with Crippen LogP contribution in [0.3, 0.4) is 0 Å². The number of anilines is 1. The molecule has 0 radical (unpaired) electrons. The number of hydrogen-bond acceptors (Lipinski definition) is 5. The number of ether oxygens (including phenoxy) is 2. The van der Waals surface area contributed by atoms with Crippen molar-refractivity contribution in [2.45, 2.75) is 5.54 Å². The molecule has 0 fully saturated rings. The molecule has 0 heterocycles. The summed E-state index contributed by atoms with van der Waals surface area (Å²) in [7, 11) is 2.85. The second-order valence-corrected chi connectivity index (χ2v) is 6.16. The van der Waals surface area contributed by atoms with Gasteiger partial charge in [-0.05, 0) is 29.8 Å². The largest absolute Gasteiger partial charge is 0.497 e. The maximum Gasteiger partial charge on any atom is 0.344 e. The molecule has 3 rings (SSSR count). The number of benzene rings is 3. The molecule has 1 unspecified atom stereocenters. The van der Waals surface area contributed by atoms with Crippen molar-refractivity contribution in [3.8, 4) is 5.75 Å². The van der Waals surface area contributed by atoms with Crippen LogP contribution in [-0.2, 0) is 15.1 Å².